The van der Waals surface area contributed by atoms with Crippen LogP contribution in [0.4, 0.5) is 11.4 Å². The van der Waals surface area contributed by atoms with Crippen LogP contribution < -0.4 is 11.1 Å². The van der Waals surface area contributed by atoms with E-state index in [-0.39, 0.29) is 6.04 Å². The van der Waals surface area contributed by atoms with E-state index in [4.69, 9.17) is 11.0 Å². The van der Waals surface area contributed by atoms with Crippen molar-refractivity contribution in [1.82, 2.24) is 0 Å². The summed E-state index contributed by atoms with van der Waals surface area (Å²) in [6, 6.07) is 17.5. The van der Waals surface area contributed by atoms with Crippen molar-refractivity contribution < 1.29 is 0 Å². The van der Waals surface area contributed by atoms with Crippen LogP contribution in [0.15, 0.2) is 48.5 Å². The number of para-hydroxylation sites is 1. The van der Waals surface area contributed by atoms with Gasteiger partial charge in [0.25, 0.3) is 0 Å². The van der Waals surface area contributed by atoms with Crippen molar-refractivity contribution >= 4 is 11.4 Å². The normalized spacial score (nSPS) is 11.6. The van der Waals surface area contributed by atoms with Crippen LogP contribution >= 0.6 is 0 Å². The second kappa shape index (κ2) is 5.24. The lowest BCUT2D eigenvalue weighted by Crippen LogP contribution is -2.08. The first kappa shape index (κ1) is 12.0. The summed E-state index contributed by atoms with van der Waals surface area (Å²) in [7, 11) is 0. The van der Waals surface area contributed by atoms with E-state index in [1.807, 2.05) is 49.4 Å². The van der Waals surface area contributed by atoms with E-state index in [0.29, 0.717) is 5.56 Å². The number of hydrogen-bond donors (Lipinski definition) is 2. The first-order chi connectivity index (χ1) is 8.70. The van der Waals surface area contributed by atoms with E-state index < -0.39 is 0 Å². The Morgan fingerprint density at radius 3 is 2.67 bits per heavy atom. The van der Waals surface area contributed by atoms with Crippen LogP contribution in [0.1, 0.15) is 24.1 Å². The third kappa shape index (κ3) is 2.61. The molecule has 18 heavy (non-hydrogen) atoms. The van der Waals surface area contributed by atoms with Crippen LogP contribution in [0, 0.1) is 11.3 Å². The van der Waals surface area contributed by atoms with E-state index in [2.05, 4.69) is 11.4 Å². The van der Waals surface area contributed by atoms with Gasteiger partial charge >= 0.3 is 0 Å². The Bertz CT molecular complexity index is 584. The molecule has 0 aliphatic carbocycles. The number of hydrogen-bond acceptors (Lipinski definition) is 3. The van der Waals surface area contributed by atoms with E-state index in [1.54, 1.807) is 6.07 Å². The molecule has 2 aromatic rings. The van der Waals surface area contributed by atoms with Gasteiger partial charge in [-0.15, -0.1) is 0 Å². The fourth-order valence-corrected chi connectivity index (χ4v) is 1.85. The summed E-state index contributed by atoms with van der Waals surface area (Å²) in [5.74, 6) is 0. The van der Waals surface area contributed by atoms with Crippen molar-refractivity contribution in [2.75, 3.05) is 11.1 Å². The molecule has 3 N–H and O–H groups in total. The number of nitrogens with one attached hydrogen (secondary N) is 1. The Morgan fingerprint density at radius 2 is 1.94 bits per heavy atom. The average molecular weight is 237 g/mol. The highest BCUT2D eigenvalue weighted by atomic mass is 14.9. The summed E-state index contributed by atoms with van der Waals surface area (Å²) < 4.78 is 0. The molecule has 1 atom stereocenters. The molecular formula is C15H15N3. The van der Waals surface area contributed by atoms with Gasteiger partial charge in [-0.05, 0) is 36.8 Å². The number of rotatable bonds is 3. The molecule has 0 saturated carbocycles. The first-order valence-corrected chi connectivity index (χ1v) is 5.82. The molecule has 0 spiro atoms. The van der Waals surface area contributed by atoms with E-state index >= 15 is 0 Å². The summed E-state index contributed by atoms with van der Waals surface area (Å²) >= 11 is 0. The number of nitrogens with two attached hydrogens (primary N) is 1. The molecule has 0 amide bonds. The number of nitrogens with zero attached hydrogens (tertiary/aromatic N) is 1. The molecule has 3 heteroatoms. The fraction of sp³-hybridized carbons (Fsp3) is 0.133. The minimum absolute atomic E-state index is 0.1000. The second-order valence-corrected chi connectivity index (χ2v) is 4.19. The largest absolute Gasteiger partial charge is 0.399 e. The standard InChI is InChI=1S/C15H15N3/c1-11(12-6-4-7-14(17)9-12)18-15-8-3-2-5-13(15)10-16/h2-9,11,18H,17H2,1H3. The van der Waals surface area contributed by atoms with E-state index in [9.17, 15) is 0 Å². The van der Waals surface area contributed by atoms with E-state index in [1.165, 1.54) is 0 Å². The summed E-state index contributed by atoms with van der Waals surface area (Å²) in [5, 5.41) is 12.4. The third-order valence-corrected chi connectivity index (χ3v) is 2.83. The van der Waals surface area contributed by atoms with Gasteiger partial charge in [0.2, 0.25) is 0 Å². The van der Waals surface area contributed by atoms with Crippen molar-refractivity contribution in [2.24, 2.45) is 0 Å². The van der Waals surface area contributed by atoms with Gasteiger partial charge in [0.1, 0.15) is 6.07 Å². The lowest BCUT2D eigenvalue weighted by Gasteiger charge is -2.17. The topological polar surface area (TPSA) is 61.8 Å². The molecule has 0 fully saturated rings. The number of benzene rings is 2. The summed E-state index contributed by atoms with van der Waals surface area (Å²) in [5.41, 5.74) is 9.10. The third-order valence-electron chi connectivity index (χ3n) is 2.83. The van der Waals surface area contributed by atoms with Gasteiger partial charge in [-0.25, -0.2) is 0 Å². The maximum absolute atomic E-state index is 9.04. The lowest BCUT2D eigenvalue weighted by molar-refractivity contribution is 0.884. The van der Waals surface area contributed by atoms with Crippen molar-refractivity contribution in [3.63, 3.8) is 0 Å². The Labute approximate surface area is 107 Å². The Morgan fingerprint density at radius 1 is 1.17 bits per heavy atom. The molecule has 3 nitrogen and oxygen atoms in total. The molecular weight excluding hydrogens is 222 g/mol. The highest BCUT2D eigenvalue weighted by Crippen LogP contribution is 2.22. The number of nitrogen functional groups attached to an aromatic ring is 1. The Balaban J connectivity index is 2.22. The number of nitriles is 1. The SMILES string of the molecule is CC(Nc1ccccc1C#N)c1cccc(N)c1. The molecule has 0 heterocycles. The van der Waals surface area contributed by atoms with Crippen LogP contribution in [0.3, 0.4) is 0 Å². The van der Waals surface area contributed by atoms with Gasteiger partial charge in [0.05, 0.1) is 11.3 Å². The fourth-order valence-electron chi connectivity index (χ4n) is 1.85. The smallest absolute Gasteiger partial charge is 0.101 e. The van der Waals surface area contributed by atoms with Gasteiger partial charge in [-0.2, -0.15) is 5.26 Å². The quantitative estimate of drug-likeness (QED) is 0.805. The van der Waals surface area contributed by atoms with Gasteiger partial charge < -0.3 is 11.1 Å². The highest BCUT2D eigenvalue weighted by Gasteiger charge is 2.07. The van der Waals surface area contributed by atoms with Gasteiger partial charge in [-0.1, -0.05) is 24.3 Å². The zero-order valence-corrected chi connectivity index (χ0v) is 10.2. The Hall–Kier alpha value is -2.47. The maximum atomic E-state index is 9.04. The zero-order valence-electron chi connectivity index (χ0n) is 10.2. The monoisotopic (exact) mass is 237 g/mol. The highest BCUT2D eigenvalue weighted by molar-refractivity contribution is 5.58. The average Bonchev–Trinajstić information content (AvgIpc) is 2.39. The summed E-state index contributed by atoms with van der Waals surface area (Å²) in [6.45, 7) is 2.04. The van der Waals surface area contributed by atoms with Crippen molar-refractivity contribution in [3.8, 4) is 6.07 Å². The van der Waals surface area contributed by atoms with Crippen LogP contribution in [-0.4, -0.2) is 0 Å². The van der Waals surface area contributed by atoms with Crippen LogP contribution in [0.25, 0.3) is 0 Å². The molecule has 1 unspecified atom stereocenters. The van der Waals surface area contributed by atoms with Gasteiger partial charge in [-0.3, -0.25) is 0 Å². The minimum Gasteiger partial charge on any atom is -0.399 e. The number of anilines is 2. The van der Waals surface area contributed by atoms with Crippen LogP contribution in [-0.2, 0) is 0 Å². The predicted octanol–water partition coefficient (Wildman–Crippen LogP) is 3.31. The van der Waals surface area contributed by atoms with Crippen LogP contribution in [0.5, 0.6) is 0 Å². The molecule has 0 bridgehead atoms. The Kier molecular flexibility index (Phi) is 3.49. The molecule has 2 aromatic carbocycles. The summed E-state index contributed by atoms with van der Waals surface area (Å²) in [4.78, 5) is 0. The molecule has 0 aliphatic heterocycles. The molecule has 2 rings (SSSR count). The maximum Gasteiger partial charge on any atom is 0.101 e. The lowest BCUT2D eigenvalue weighted by atomic mass is 10.1. The summed E-state index contributed by atoms with van der Waals surface area (Å²) in [6.07, 6.45) is 0. The van der Waals surface area contributed by atoms with Gasteiger partial charge in [0, 0.05) is 11.7 Å². The molecule has 0 radical (unpaired) electrons. The first-order valence-electron chi connectivity index (χ1n) is 5.82. The zero-order chi connectivity index (χ0) is 13.0. The van der Waals surface area contributed by atoms with Crippen molar-refractivity contribution in [3.05, 3.63) is 59.7 Å². The minimum atomic E-state index is 0.1000. The predicted molar refractivity (Wildman–Crippen MR) is 74.0 cm³/mol. The molecule has 0 aliphatic rings. The molecule has 90 valence electrons. The van der Waals surface area contributed by atoms with Crippen molar-refractivity contribution in [2.45, 2.75) is 13.0 Å². The van der Waals surface area contributed by atoms with E-state index in [0.717, 1.165) is 16.9 Å². The van der Waals surface area contributed by atoms with Crippen LogP contribution in [0.2, 0.25) is 0 Å². The second-order valence-electron chi connectivity index (χ2n) is 4.19. The van der Waals surface area contributed by atoms with Gasteiger partial charge in [0.15, 0.2) is 0 Å². The molecule has 0 saturated heterocycles. The molecule has 0 aromatic heterocycles. The van der Waals surface area contributed by atoms with Crippen molar-refractivity contribution in [1.29, 1.82) is 5.26 Å².